The topological polar surface area (TPSA) is 74.8 Å². The molecular weight excluding hydrogens is 444 g/mol. The van der Waals surface area contributed by atoms with Gasteiger partial charge in [-0.3, -0.25) is 9.80 Å². The molecule has 2 aromatic carbocycles. The Kier molecular flexibility index (Phi) is 5.47. The Labute approximate surface area is 191 Å². The van der Waals surface area contributed by atoms with Gasteiger partial charge in [0.1, 0.15) is 0 Å². The number of aryl methyl sites for hydroxylation is 2. The number of nitrogens with zero attached hydrogens (tertiary/aromatic N) is 2. The van der Waals surface area contributed by atoms with Crippen molar-refractivity contribution in [2.24, 2.45) is 0 Å². The average Bonchev–Trinajstić information content (AvgIpc) is 3.22. The lowest BCUT2D eigenvalue weighted by Gasteiger charge is -2.51. The van der Waals surface area contributed by atoms with Gasteiger partial charge in [0.15, 0.2) is 19.7 Å². The van der Waals surface area contributed by atoms with Gasteiger partial charge in [0.2, 0.25) is 0 Å². The van der Waals surface area contributed by atoms with Crippen LogP contribution in [0.2, 0.25) is 0 Å². The first-order chi connectivity index (χ1) is 15.1. The molecule has 3 fully saturated rings. The molecule has 6 nitrogen and oxygen atoms in total. The van der Waals surface area contributed by atoms with Gasteiger partial charge in [-0.25, -0.2) is 16.8 Å². The highest BCUT2D eigenvalue weighted by Gasteiger charge is 2.57. The molecule has 0 aromatic heterocycles. The van der Waals surface area contributed by atoms with E-state index in [1.54, 1.807) is 0 Å². The van der Waals surface area contributed by atoms with Gasteiger partial charge < -0.3 is 0 Å². The Balaban J connectivity index is 1.53. The fourth-order valence-corrected chi connectivity index (χ4v) is 9.67. The van der Waals surface area contributed by atoms with Gasteiger partial charge in [0.25, 0.3) is 0 Å². The molecule has 3 aliphatic heterocycles. The van der Waals surface area contributed by atoms with E-state index >= 15 is 0 Å². The molecule has 0 saturated carbocycles. The van der Waals surface area contributed by atoms with Crippen LogP contribution in [0.5, 0.6) is 0 Å². The summed E-state index contributed by atoms with van der Waals surface area (Å²) in [7, 11) is -6.37. The molecule has 2 aromatic rings. The zero-order chi connectivity index (χ0) is 22.7. The van der Waals surface area contributed by atoms with Crippen LogP contribution in [0, 0.1) is 13.8 Å². The van der Waals surface area contributed by atoms with Crippen LogP contribution < -0.4 is 0 Å². The molecule has 8 heteroatoms. The van der Waals surface area contributed by atoms with Crippen molar-refractivity contribution in [1.29, 1.82) is 0 Å². The molecule has 0 radical (unpaired) electrons. The Morgan fingerprint density at radius 1 is 0.594 bits per heavy atom. The van der Waals surface area contributed by atoms with Crippen molar-refractivity contribution < 1.29 is 16.8 Å². The Bertz CT molecular complexity index is 1070. The molecule has 3 saturated heterocycles. The Hall–Kier alpha value is -1.74. The summed E-state index contributed by atoms with van der Waals surface area (Å²) in [6.45, 7) is 5.22. The number of sulfone groups is 2. The zero-order valence-electron chi connectivity index (χ0n) is 18.5. The summed E-state index contributed by atoms with van der Waals surface area (Å²) in [6.07, 6.45) is 0. The van der Waals surface area contributed by atoms with Gasteiger partial charge in [-0.05, 0) is 25.0 Å². The van der Waals surface area contributed by atoms with Crippen molar-refractivity contribution in [3.05, 3.63) is 70.8 Å². The van der Waals surface area contributed by atoms with Crippen molar-refractivity contribution in [3.8, 4) is 0 Å². The summed E-state index contributed by atoms with van der Waals surface area (Å²) in [6, 6.07) is 15.7. The molecule has 3 aliphatic rings. The molecule has 3 heterocycles. The fraction of sp³-hybridized carbons (Fsp3) is 0.500. The zero-order valence-corrected chi connectivity index (χ0v) is 20.1. The van der Waals surface area contributed by atoms with Gasteiger partial charge in [-0.15, -0.1) is 0 Å². The monoisotopic (exact) mass is 474 g/mol. The smallest absolute Gasteiger partial charge is 0.153 e. The van der Waals surface area contributed by atoms with Crippen LogP contribution in [0.4, 0.5) is 0 Å². The molecule has 5 rings (SSSR count). The van der Waals surface area contributed by atoms with Crippen molar-refractivity contribution >= 4 is 19.7 Å². The van der Waals surface area contributed by atoms with Crippen LogP contribution in [0.25, 0.3) is 0 Å². The van der Waals surface area contributed by atoms with E-state index in [9.17, 15) is 16.8 Å². The van der Waals surface area contributed by atoms with Crippen molar-refractivity contribution in [3.63, 3.8) is 0 Å². The lowest BCUT2D eigenvalue weighted by atomic mass is 9.93. The summed E-state index contributed by atoms with van der Waals surface area (Å²) in [5.74, 6) is 0.378. The number of rotatable bonds is 4. The Morgan fingerprint density at radius 3 is 1.16 bits per heavy atom. The first-order valence-electron chi connectivity index (χ1n) is 11.1. The predicted molar refractivity (Wildman–Crippen MR) is 126 cm³/mol. The lowest BCUT2D eigenvalue weighted by Crippen LogP contribution is -2.67. The molecule has 4 atom stereocenters. The normalized spacial score (nSPS) is 31.3. The first kappa shape index (κ1) is 22.1. The second kappa shape index (κ2) is 7.94. The van der Waals surface area contributed by atoms with E-state index in [4.69, 9.17) is 0 Å². The Morgan fingerprint density at radius 2 is 0.875 bits per heavy atom. The highest BCUT2D eigenvalue weighted by atomic mass is 32.2. The predicted octanol–water partition coefficient (Wildman–Crippen LogP) is 1.95. The molecule has 0 unspecified atom stereocenters. The molecule has 172 valence electrons. The van der Waals surface area contributed by atoms with Crippen LogP contribution in [-0.2, 0) is 32.8 Å². The standard InChI is InChI=1S/C24H30N2O4S2/c1-17-3-7-19(8-4-17)11-25-21-13-31(27,28)15-23(21)26(12-20-9-5-18(2)6-10-20)24-16-32(29,30)14-22(24)25/h3-10,21-24H,11-16H2,1-2H3/t21-,22+,23+,24-. The average molecular weight is 475 g/mol. The van der Waals surface area contributed by atoms with Crippen molar-refractivity contribution in [2.45, 2.75) is 51.1 Å². The lowest BCUT2D eigenvalue weighted by molar-refractivity contribution is -0.0341. The van der Waals surface area contributed by atoms with E-state index in [2.05, 4.69) is 58.3 Å². The molecular formula is C24H30N2O4S2. The molecule has 0 amide bonds. The molecule has 0 N–H and O–H groups in total. The minimum atomic E-state index is -3.19. The molecule has 0 spiro atoms. The van der Waals surface area contributed by atoms with Gasteiger partial charge in [0, 0.05) is 37.3 Å². The fourth-order valence-electron chi connectivity index (χ4n) is 5.66. The summed E-state index contributed by atoms with van der Waals surface area (Å²) in [5, 5.41) is 0. The maximum Gasteiger partial charge on any atom is 0.153 e. The van der Waals surface area contributed by atoms with E-state index < -0.39 is 19.7 Å². The van der Waals surface area contributed by atoms with Crippen LogP contribution in [0.3, 0.4) is 0 Å². The highest BCUT2D eigenvalue weighted by Crippen LogP contribution is 2.39. The highest BCUT2D eigenvalue weighted by molar-refractivity contribution is 7.92. The number of benzene rings is 2. The SMILES string of the molecule is Cc1ccc(CN2[C@@H]3CS(=O)(=O)C[C@@H]3N(Cc3ccc(C)cc3)[C@@H]3CS(=O)(=O)C[C@@H]32)cc1. The van der Waals surface area contributed by atoms with Crippen LogP contribution >= 0.6 is 0 Å². The van der Waals surface area contributed by atoms with Crippen LogP contribution in [0.1, 0.15) is 22.3 Å². The second-order valence-corrected chi connectivity index (χ2v) is 14.0. The minimum Gasteiger partial charge on any atom is -0.288 e. The number of fused-ring (bicyclic) bond motifs is 2. The van der Waals surface area contributed by atoms with Gasteiger partial charge in [-0.1, -0.05) is 59.7 Å². The van der Waals surface area contributed by atoms with E-state index in [0.29, 0.717) is 13.1 Å². The summed E-state index contributed by atoms with van der Waals surface area (Å²) >= 11 is 0. The third-order valence-corrected chi connectivity index (χ3v) is 10.7. The number of hydrogen-bond acceptors (Lipinski definition) is 6. The maximum absolute atomic E-state index is 12.8. The van der Waals surface area contributed by atoms with Crippen LogP contribution in [-0.4, -0.2) is 73.8 Å². The van der Waals surface area contributed by atoms with E-state index in [0.717, 1.165) is 11.1 Å². The number of piperazine rings is 1. The maximum atomic E-state index is 12.8. The number of hydrogen-bond donors (Lipinski definition) is 0. The van der Waals surface area contributed by atoms with Gasteiger partial charge >= 0.3 is 0 Å². The van der Waals surface area contributed by atoms with Crippen molar-refractivity contribution in [1.82, 2.24) is 9.80 Å². The third-order valence-electron chi connectivity index (χ3n) is 7.26. The summed E-state index contributed by atoms with van der Waals surface area (Å²) in [5.41, 5.74) is 4.51. The second-order valence-electron chi connectivity index (χ2n) is 9.74. The summed E-state index contributed by atoms with van der Waals surface area (Å²) in [4.78, 5) is 4.39. The van der Waals surface area contributed by atoms with E-state index in [-0.39, 0.29) is 47.2 Å². The minimum absolute atomic E-state index is 0.0944. The largest absolute Gasteiger partial charge is 0.288 e. The van der Waals surface area contributed by atoms with E-state index in [1.165, 1.54) is 11.1 Å². The third kappa shape index (κ3) is 4.25. The quantitative estimate of drug-likeness (QED) is 0.674. The first-order valence-corrected chi connectivity index (χ1v) is 14.8. The van der Waals surface area contributed by atoms with Crippen molar-refractivity contribution in [2.75, 3.05) is 23.0 Å². The summed E-state index contributed by atoms with van der Waals surface area (Å²) < 4.78 is 51.0. The molecule has 32 heavy (non-hydrogen) atoms. The van der Waals surface area contributed by atoms with E-state index in [1.807, 2.05) is 13.8 Å². The molecule has 0 aliphatic carbocycles. The molecule has 0 bridgehead atoms. The van der Waals surface area contributed by atoms with Gasteiger partial charge in [0.05, 0.1) is 23.0 Å². The van der Waals surface area contributed by atoms with Crippen LogP contribution in [0.15, 0.2) is 48.5 Å². The van der Waals surface area contributed by atoms with Gasteiger partial charge in [-0.2, -0.15) is 0 Å².